The topological polar surface area (TPSA) is 132 Å². The number of hydrogen-bond acceptors (Lipinski definition) is 6. The van der Waals surface area contributed by atoms with E-state index in [2.05, 4.69) is 9.97 Å². The van der Waals surface area contributed by atoms with Crippen LogP contribution in [0.1, 0.15) is 11.1 Å². The quantitative estimate of drug-likeness (QED) is 0.512. The van der Waals surface area contributed by atoms with Crippen LogP contribution in [0.15, 0.2) is 29.3 Å². The Morgan fingerprint density at radius 3 is 2.09 bits per heavy atom. The maximum atomic E-state index is 10.7. The molecule has 2 aromatic heterocycles. The van der Waals surface area contributed by atoms with E-state index in [0.29, 0.717) is 5.56 Å². The highest BCUT2D eigenvalue weighted by Gasteiger charge is 2.12. The molecule has 0 atom stereocenters. The second-order valence-electron chi connectivity index (χ2n) is 4.23. The molecule has 0 aliphatic heterocycles. The van der Waals surface area contributed by atoms with Gasteiger partial charge in [-0.25, -0.2) is 4.98 Å². The molecule has 2 aromatic rings. The lowest BCUT2D eigenvalue weighted by molar-refractivity contribution is -0.386. The lowest BCUT2D eigenvalue weighted by Gasteiger charge is -1.94. The molecule has 116 valence electrons. The third-order valence-corrected chi connectivity index (χ3v) is 2.67. The van der Waals surface area contributed by atoms with Gasteiger partial charge in [-0.2, -0.15) is 0 Å². The molecular formula is C12H11ClN4O5. The molecular weight excluding hydrogens is 316 g/mol. The van der Waals surface area contributed by atoms with Crippen LogP contribution in [0.5, 0.6) is 0 Å². The summed E-state index contributed by atoms with van der Waals surface area (Å²) in [6.07, 6.45) is 2.91. The second kappa shape index (κ2) is 7.27. The maximum absolute atomic E-state index is 10.7. The first kappa shape index (κ1) is 17.2. The fourth-order valence-electron chi connectivity index (χ4n) is 1.38. The molecule has 0 saturated carbocycles. The smallest absolute Gasteiger partial charge is 0.323 e. The molecule has 22 heavy (non-hydrogen) atoms. The molecule has 2 heterocycles. The van der Waals surface area contributed by atoms with Gasteiger partial charge in [0, 0.05) is 24.5 Å². The number of H-pyrrole nitrogens is 1. The van der Waals surface area contributed by atoms with Crippen molar-refractivity contribution in [2.24, 2.45) is 0 Å². The normalized spacial score (nSPS) is 9.59. The van der Waals surface area contributed by atoms with Crippen LogP contribution in [0.3, 0.4) is 0 Å². The average Bonchev–Trinajstić information content (AvgIpc) is 2.44. The van der Waals surface area contributed by atoms with Gasteiger partial charge in [0.05, 0.1) is 9.85 Å². The molecule has 0 amide bonds. The molecule has 0 aliphatic rings. The Morgan fingerprint density at radius 1 is 1.09 bits per heavy atom. The Kier molecular flexibility index (Phi) is 5.70. The van der Waals surface area contributed by atoms with Crippen molar-refractivity contribution < 1.29 is 9.85 Å². The van der Waals surface area contributed by atoms with Gasteiger partial charge in [-0.1, -0.05) is 11.6 Å². The Hall–Kier alpha value is -2.81. The van der Waals surface area contributed by atoms with Gasteiger partial charge in [0.25, 0.3) is 0 Å². The fourth-order valence-corrected chi connectivity index (χ4v) is 1.55. The number of aromatic nitrogens is 2. The van der Waals surface area contributed by atoms with Gasteiger partial charge in [-0.05, 0) is 25.0 Å². The summed E-state index contributed by atoms with van der Waals surface area (Å²) in [5, 5.41) is 20.3. The number of nitro groups is 2. The fraction of sp³-hybridized carbons (Fsp3) is 0.167. The van der Waals surface area contributed by atoms with Crippen LogP contribution in [-0.2, 0) is 0 Å². The van der Waals surface area contributed by atoms with E-state index in [1.54, 1.807) is 13.8 Å². The van der Waals surface area contributed by atoms with E-state index in [4.69, 9.17) is 11.6 Å². The summed E-state index contributed by atoms with van der Waals surface area (Å²) >= 11 is 5.44. The SMILES string of the molecule is Cc1c[nH]c(=O)c([N+](=O)[O-])c1.Cc1cnc(Cl)c([N+](=O)[O-])c1. The van der Waals surface area contributed by atoms with Gasteiger partial charge in [-0.15, -0.1) is 0 Å². The highest BCUT2D eigenvalue weighted by Crippen LogP contribution is 2.21. The average molecular weight is 327 g/mol. The van der Waals surface area contributed by atoms with Crippen molar-refractivity contribution in [1.29, 1.82) is 0 Å². The molecule has 0 unspecified atom stereocenters. The first-order valence-corrected chi connectivity index (χ1v) is 6.20. The zero-order valence-electron chi connectivity index (χ0n) is 11.6. The van der Waals surface area contributed by atoms with Gasteiger partial charge in [0.15, 0.2) is 0 Å². The lowest BCUT2D eigenvalue weighted by Crippen LogP contribution is -2.10. The summed E-state index contributed by atoms with van der Waals surface area (Å²) in [6, 6.07) is 2.62. The highest BCUT2D eigenvalue weighted by molar-refractivity contribution is 6.31. The third kappa shape index (κ3) is 4.63. The van der Waals surface area contributed by atoms with Crippen LogP contribution in [-0.4, -0.2) is 19.8 Å². The number of aryl methyl sites for hydroxylation is 2. The summed E-state index contributed by atoms with van der Waals surface area (Å²) in [6.45, 7) is 3.39. The molecule has 0 radical (unpaired) electrons. The van der Waals surface area contributed by atoms with E-state index < -0.39 is 21.1 Å². The Balaban J connectivity index is 0.000000220. The van der Waals surface area contributed by atoms with Crippen LogP contribution >= 0.6 is 11.6 Å². The lowest BCUT2D eigenvalue weighted by atomic mass is 10.3. The van der Waals surface area contributed by atoms with E-state index in [1.165, 1.54) is 24.5 Å². The summed E-state index contributed by atoms with van der Waals surface area (Å²) in [7, 11) is 0. The van der Waals surface area contributed by atoms with E-state index in [-0.39, 0.29) is 10.8 Å². The van der Waals surface area contributed by atoms with Crippen LogP contribution in [0.2, 0.25) is 5.15 Å². The van der Waals surface area contributed by atoms with Crippen molar-refractivity contribution in [2.75, 3.05) is 0 Å². The first-order valence-electron chi connectivity index (χ1n) is 5.82. The van der Waals surface area contributed by atoms with Crippen molar-refractivity contribution in [3.05, 3.63) is 71.4 Å². The van der Waals surface area contributed by atoms with Crippen molar-refractivity contribution in [3.63, 3.8) is 0 Å². The number of aromatic amines is 1. The number of nitrogens with zero attached hydrogens (tertiary/aromatic N) is 3. The second-order valence-corrected chi connectivity index (χ2v) is 4.59. The number of rotatable bonds is 2. The summed E-state index contributed by atoms with van der Waals surface area (Å²) in [5.74, 6) is 0. The zero-order chi connectivity index (χ0) is 16.9. The molecule has 0 bridgehead atoms. The Morgan fingerprint density at radius 2 is 1.64 bits per heavy atom. The van der Waals surface area contributed by atoms with E-state index in [9.17, 15) is 25.0 Å². The first-order chi connectivity index (χ1) is 10.2. The minimum absolute atomic E-state index is 0.0689. The van der Waals surface area contributed by atoms with Crippen LogP contribution in [0.25, 0.3) is 0 Å². The minimum Gasteiger partial charge on any atom is -0.323 e. The standard InChI is InChI=1S/C6H5ClN2O2.C6H6N2O3/c1-4-2-5(9(10)11)6(7)8-3-4;1-4-2-5(8(10)11)6(9)7-3-4/h2-3H,1H3;2-3H,1H3,(H,7,9). The van der Waals surface area contributed by atoms with Crippen molar-refractivity contribution in [2.45, 2.75) is 13.8 Å². The molecule has 10 heteroatoms. The van der Waals surface area contributed by atoms with Crippen molar-refractivity contribution in [3.8, 4) is 0 Å². The predicted molar refractivity (Wildman–Crippen MR) is 79.1 cm³/mol. The maximum Gasteiger partial charge on any atom is 0.334 e. The number of hydrogen-bond donors (Lipinski definition) is 1. The predicted octanol–water partition coefficient (Wildman–Crippen LogP) is 2.54. The van der Waals surface area contributed by atoms with Gasteiger partial charge < -0.3 is 4.98 Å². The molecule has 0 aliphatic carbocycles. The minimum atomic E-state index is -0.703. The largest absolute Gasteiger partial charge is 0.334 e. The van der Waals surface area contributed by atoms with Crippen molar-refractivity contribution in [1.82, 2.24) is 9.97 Å². The third-order valence-electron chi connectivity index (χ3n) is 2.38. The van der Waals surface area contributed by atoms with Gasteiger partial charge in [0.1, 0.15) is 0 Å². The molecule has 2 rings (SSSR count). The van der Waals surface area contributed by atoms with Gasteiger partial charge >= 0.3 is 16.9 Å². The molecule has 0 fully saturated rings. The highest BCUT2D eigenvalue weighted by atomic mass is 35.5. The van der Waals surface area contributed by atoms with Gasteiger partial charge in [-0.3, -0.25) is 25.0 Å². The summed E-state index contributed by atoms with van der Waals surface area (Å²) < 4.78 is 0. The van der Waals surface area contributed by atoms with Crippen LogP contribution < -0.4 is 5.56 Å². The summed E-state index contributed by atoms with van der Waals surface area (Å²) in [5.41, 5.74) is 0.162. The summed E-state index contributed by atoms with van der Waals surface area (Å²) in [4.78, 5) is 35.8. The zero-order valence-corrected chi connectivity index (χ0v) is 12.3. The monoisotopic (exact) mass is 326 g/mol. The van der Waals surface area contributed by atoms with Crippen molar-refractivity contribution >= 4 is 23.0 Å². The molecule has 0 saturated heterocycles. The number of nitrogens with one attached hydrogen (secondary N) is 1. The molecule has 9 nitrogen and oxygen atoms in total. The van der Waals surface area contributed by atoms with Crippen LogP contribution in [0, 0.1) is 34.1 Å². The number of halogens is 1. The number of pyridine rings is 2. The Labute approximate surface area is 128 Å². The van der Waals surface area contributed by atoms with Gasteiger partial charge in [0.2, 0.25) is 5.15 Å². The van der Waals surface area contributed by atoms with Crippen LogP contribution in [0.4, 0.5) is 11.4 Å². The molecule has 0 aromatic carbocycles. The van der Waals surface area contributed by atoms with E-state index in [0.717, 1.165) is 5.56 Å². The molecule has 1 N–H and O–H groups in total. The van der Waals surface area contributed by atoms with E-state index in [1.807, 2.05) is 0 Å². The Bertz CT molecular complexity index is 774. The van der Waals surface area contributed by atoms with E-state index >= 15 is 0 Å². The molecule has 0 spiro atoms.